The first-order chi connectivity index (χ1) is 13.5. The Morgan fingerprint density at radius 3 is 2.43 bits per heavy atom. The van der Waals surface area contributed by atoms with Gasteiger partial charge in [-0.3, -0.25) is 0 Å². The van der Waals surface area contributed by atoms with Crippen LogP contribution < -0.4 is 15.7 Å². The highest BCUT2D eigenvalue weighted by Gasteiger charge is 2.12. The van der Waals surface area contributed by atoms with Crippen molar-refractivity contribution in [2.75, 3.05) is 12.4 Å². The van der Waals surface area contributed by atoms with Gasteiger partial charge in [-0.25, -0.2) is 13.9 Å². The van der Waals surface area contributed by atoms with Crippen molar-refractivity contribution < 1.29 is 4.74 Å². The molecule has 2 heterocycles. The molecule has 0 amide bonds. The summed E-state index contributed by atoms with van der Waals surface area (Å²) in [6, 6.07) is 17.4. The van der Waals surface area contributed by atoms with E-state index in [-0.39, 0.29) is 5.69 Å². The van der Waals surface area contributed by atoms with Crippen LogP contribution in [0.2, 0.25) is 0 Å². The monoisotopic (exact) mass is 375 g/mol. The third kappa shape index (κ3) is 3.46. The summed E-state index contributed by atoms with van der Waals surface area (Å²) in [5, 5.41) is 7.68. The van der Waals surface area contributed by atoms with E-state index >= 15 is 0 Å². The Kier molecular flexibility index (Phi) is 4.57. The number of benzene rings is 2. The van der Waals surface area contributed by atoms with Gasteiger partial charge in [-0.1, -0.05) is 29.8 Å². The third-order valence-electron chi connectivity index (χ3n) is 4.56. The molecule has 0 spiro atoms. The summed E-state index contributed by atoms with van der Waals surface area (Å²) >= 11 is 0. The van der Waals surface area contributed by atoms with Crippen molar-refractivity contribution in [3.8, 4) is 5.75 Å². The van der Waals surface area contributed by atoms with E-state index in [1.165, 1.54) is 14.6 Å². The fraction of sp³-hybridized carbons (Fsp3) is 0.190. The molecule has 0 aliphatic rings. The van der Waals surface area contributed by atoms with Gasteiger partial charge in [0.2, 0.25) is 0 Å². The minimum absolute atomic E-state index is 0.210. The van der Waals surface area contributed by atoms with E-state index in [9.17, 15) is 4.79 Å². The number of hydrogen-bond acceptors (Lipinski definition) is 5. The van der Waals surface area contributed by atoms with Gasteiger partial charge in [0.15, 0.2) is 0 Å². The molecule has 1 N–H and O–H groups in total. The van der Waals surface area contributed by atoms with Crippen LogP contribution in [0.4, 0.5) is 11.5 Å². The van der Waals surface area contributed by atoms with Crippen molar-refractivity contribution in [1.82, 2.24) is 19.2 Å². The number of fused-ring (bicyclic) bond motifs is 1. The van der Waals surface area contributed by atoms with Crippen LogP contribution in [0.5, 0.6) is 5.75 Å². The molecular formula is C21H21N5O2. The molecule has 2 aromatic carbocycles. The summed E-state index contributed by atoms with van der Waals surface area (Å²) in [5.41, 5.74) is 3.64. The molecule has 142 valence electrons. The Bertz CT molecular complexity index is 1170. The minimum Gasteiger partial charge on any atom is -0.497 e. The fourth-order valence-electron chi connectivity index (χ4n) is 3.04. The molecule has 7 nitrogen and oxygen atoms in total. The normalized spacial score (nSPS) is 11.0. The van der Waals surface area contributed by atoms with Crippen LogP contribution in [-0.4, -0.2) is 26.3 Å². The lowest BCUT2D eigenvalue weighted by Crippen LogP contribution is -2.22. The first-order valence-corrected chi connectivity index (χ1v) is 8.97. The lowest BCUT2D eigenvalue weighted by molar-refractivity contribution is 0.414. The number of hydrogen-bond donors (Lipinski definition) is 1. The zero-order chi connectivity index (χ0) is 19.7. The molecule has 0 radical (unpaired) electrons. The highest BCUT2D eigenvalue weighted by Crippen LogP contribution is 2.17. The minimum atomic E-state index is -0.210. The number of nitrogens with zero attached hydrogens (tertiary/aromatic N) is 4. The maximum atomic E-state index is 12.8. The van der Waals surface area contributed by atoms with Crippen molar-refractivity contribution in [3.63, 3.8) is 0 Å². The quantitative estimate of drug-likeness (QED) is 0.579. The second-order valence-corrected chi connectivity index (χ2v) is 6.70. The van der Waals surface area contributed by atoms with Crippen LogP contribution in [-0.2, 0) is 6.54 Å². The highest BCUT2D eigenvalue weighted by atomic mass is 16.5. The number of anilines is 2. The van der Waals surface area contributed by atoms with Gasteiger partial charge < -0.3 is 10.1 Å². The fourth-order valence-corrected chi connectivity index (χ4v) is 3.04. The van der Waals surface area contributed by atoms with E-state index in [4.69, 9.17) is 4.74 Å². The number of aryl methyl sites for hydroxylation is 2. The molecule has 0 atom stereocenters. The molecular weight excluding hydrogens is 354 g/mol. The zero-order valence-corrected chi connectivity index (χ0v) is 16.0. The summed E-state index contributed by atoms with van der Waals surface area (Å²) in [6.45, 7) is 4.28. The second kappa shape index (κ2) is 7.19. The highest BCUT2D eigenvalue weighted by molar-refractivity contribution is 5.58. The SMILES string of the molecule is COc1ccc(Cn2nc3nc(Nc4ccc(C)cc4)cc(C)n3c2=O)cc1. The lowest BCUT2D eigenvalue weighted by Gasteiger charge is -2.07. The number of aromatic nitrogens is 4. The van der Waals surface area contributed by atoms with E-state index < -0.39 is 0 Å². The lowest BCUT2D eigenvalue weighted by atomic mass is 10.2. The molecule has 4 aromatic rings. The summed E-state index contributed by atoms with van der Waals surface area (Å²) in [4.78, 5) is 17.3. The van der Waals surface area contributed by atoms with Crippen LogP contribution in [0, 0.1) is 13.8 Å². The van der Waals surface area contributed by atoms with E-state index in [2.05, 4.69) is 15.4 Å². The third-order valence-corrected chi connectivity index (χ3v) is 4.56. The molecule has 28 heavy (non-hydrogen) atoms. The molecule has 4 rings (SSSR count). The Balaban J connectivity index is 1.66. The summed E-state index contributed by atoms with van der Waals surface area (Å²) < 4.78 is 8.11. The number of nitrogens with one attached hydrogen (secondary N) is 1. The average molecular weight is 375 g/mol. The Hall–Kier alpha value is -3.61. The van der Waals surface area contributed by atoms with Crippen molar-refractivity contribution >= 4 is 17.3 Å². The molecule has 7 heteroatoms. The predicted octanol–water partition coefficient (Wildman–Crippen LogP) is 3.31. The topological polar surface area (TPSA) is 73.4 Å². The van der Waals surface area contributed by atoms with Crippen molar-refractivity contribution in [3.05, 3.63) is 81.9 Å². The van der Waals surface area contributed by atoms with Gasteiger partial charge in [-0.05, 0) is 43.7 Å². The largest absolute Gasteiger partial charge is 0.497 e. The van der Waals surface area contributed by atoms with E-state index in [1.807, 2.05) is 68.4 Å². The van der Waals surface area contributed by atoms with E-state index in [0.29, 0.717) is 18.1 Å². The molecule has 0 saturated heterocycles. The Labute approximate surface area is 162 Å². The van der Waals surface area contributed by atoms with Crippen molar-refractivity contribution in [1.29, 1.82) is 0 Å². The average Bonchev–Trinajstić information content (AvgIpc) is 3.00. The standard InChI is InChI=1S/C21H21N5O2/c1-14-4-8-17(9-5-14)22-19-12-15(2)26-20(23-19)24-25(21(26)27)13-16-6-10-18(28-3)11-7-16/h4-12H,13H2,1-3H3,(H,22,23,24). The van der Waals surface area contributed by atoms with Crippen LogP contribution in [0.3, 0.4) is 0 Å². The first kappa shape index (κ1) is 17.8. The smallest absolute Gasteiger partial charge is 0.352 e. The summed E-state index contributed by atoms with van der Waals surface area (Å²) in [7, 11) is 1.62. The van der Waals surface area contributed by atoms with Gasteiger partial charge >= 0.3 is 5.69 Å². The van der Waals surface area contributed by atoms with Gasteiger partial charge in [0.1, 0.15) is 11.6 Å². The van der Waals surface area contributed by atoms with Gasteiger partial charge in [0, 0.05) is 17.4 Å². The number of ether oxygens (including phenoxy) is 1. The maximum Gasteiger partial charge on any atom is 0.352 e. The van der Waals surface area contributed by atoms with E-state index in [1.54, 1.807) is 7.11 Å². The Morgan fingerprint density at radius 2 is 1.75 bits per heavy atom. The molecule has 0 bridgehead atoms. The predicted molar refractivity (Wildman–Crippen MR) is 109 cm³/mol. The molecule has 2 aromatic heterocycles. The second-order valence-electron chi connectivity index (χ2n) is 6.70. The van der Waals surface area contributed by atoms with Crippen LogP contribution in [0.25, 0.3) is 5.78 Å². The zero-order valence-electron chi connectivity index (χ0n) is 16.0. The Morgan fingerprint density at radius 1 is 1.04 bits per heavy atom. The molecule has 0 fully saturated rings. The van der Waals surface area contributed by atoms with Crippen LogP contribution in [0.1, 0.15) is 16.8 Å². The van der Waals surface area contributed by atoms with E-state index in [0.717, 1.165) is 22.7 Å². The summed E-state index contributed by atoms with van der Waals surface area (Å²) in [5.74, 6) is 1.79. The number of methoxy groups -OCH3 is 1. The van der Waals surface area contributed by atoms with Gasteiger partial charge in [-0.2, -0.15) is 4.98 Å². The van der Waals surface area contributed by atoms with Crippen LogP contribution >= 0.6 is 0 Å². The van der Waals surface area contributed by atoms with Gasteiger partial charge in [-0.15, -0.1) is 5.10 Å². The molecule has 0 aliphatic heterocycles. The maximum absolute atomic E-state index is 12.8. The van der Waals surface area contributed by atoms with Gasteiger partial charge in [0.25, 0.3) is 5.78 Å². The molecule has 0 saturated carbocycles. The van der Waals surface area contributed by atoms with Crippen molar-refractivity contribution in [2.45, 2.75) is 20.4 Å². The number of rotatable bonds is 5. The van der Waals surface area contributed by atoms with Crippen LogP contribution in [0.15, 0.2) is 59.4 Å². The van der Waals surface area contributed by atoms with Gasteiger partial charge in [0.05, 0.1) is 13.7 Å². The van der Waals surface area contributed by atoms with Crippen molar-refractivity contribution in [2.24, 2.45) is 0 Å². The molecule has 0 aliphatic carbocycles. The molecule has 0 unspecified atom stereocenters. The first-order valence-electron chi connectivity index (χ1n) is 8.97. The summed E-state index contributed by atoms with van der Waals surface area (Å²) in [6.07, 6.45) is 0.